The highest BCUT2D eigenvalue weighted by molar-refractivity contribution is 7.47. The van der Waals surface area contributed by atoms with E-state index in [1.807, 2.05) is 0 Å². The molecule has 52 heavy (non-hydrogen) atoms. The molecule has 0 aliphatic heterocycles. The maximum atomic E-state index is 12.6. The van der Waals surface area contributed by atoms with Crippen molar-refractivity contribution in [3.63, 3.8) is 0 Å². The molecule has 0 amide bonds. The van der Waals surface area contributed by atoms with Gasteiger partial charge in [0.1, 0.15) is 12.6 Å². The average molecular weight is 754 g/mol. The Labute approximate surface area is 313 Å². The zero-order valence-electron chi connectivity index (χ0n) is 31.9. The Morgan fingerprint density at radius 2 is 1.08 bits per heavy atom. The van der Waals surface area contributed by atoms with Crippen LogP contribution in [0.5, 0.6) is 0 Å². The summed E-state index contributed by atoms with van der Waals surface area (Å²) in [6, 6.07) is -1.53. The summed E-state index contributed by atoms with van der Waals surface area (Å²) in [7, 11) is -4.72. The molecule has 3 atom stereocenters. The van der Waals surface area contributed by atoms with Crippen molar-refractivity contribution in [2.45, 2.75) is 154 Å². The number of allylic oxidation sites excluding steroid dienone is 10. The third kappa shape index (κ3) is 34.3. The van der Waals surface area contributed by atoms with Crippen molar-refractivity contribution < 1.29 is 47.5 Å². The minimum atomic E-state index is -4.72. The van der Waals surface area contributed by atoms with Crippen LogP contribution in [0.25, 0.3) is 0 Å². The van der Waals surface area contributed by atoms with E-state index < -0.39 is 51.1 Å². The first kappa shape index (κ1) is 49.2. The topological polar surface area (TPSA) is 172 Å². The summed E-state index contributed by atoms with van der Waals surface area (Å²) >= 11 is 0. The second-order valence-electron chi connectivity index (χ2n) is 12.7. The minimum Gasteiger partial charge on any atom is -0.480 e. The van der Waals surface area contributed by atoms with Crippen molar-refractivity contribution in [2.75, 3.05) is 19.8 Å². The summed E-state index contributed by atoms with van der Waals surface area (Å²) in [4.78, 5) is 45.7. The molecule has 298 valence electrons. The van der Waals surface area contributed by atoms with Gasteiger partial charge in [0, 0.05) is 12.8 Å². The number of carboxylic acid groups (broad SMARTS) is 1. The average Bonchev–Trinajstić information content (AvgIpc) is 3.12. The van der Waals surface area contributed by atoms with Crippen molar-refractivity contribution in [1.82, 2.24) is 0 Å². The first-order chi connectivity index (χ1) is 25.1. The third-order valence-electron chi connectivity index (χ3n) is 7.75. The van der Waals surface area contributed by atoms with Gasteiger partial charge >= 0.3 is 25.7 Å². The summed E-state index contributed by atoms with van der Waals surface area (Å²) in [5.74, 6) is -2.43. The number of nitrogens with two attached hydrogens (primary N) is 1. The predicted octanol–water partition coefficient (Wildman–Crippen LogP) is 9.61. The maximum absolute atomic E-state index is 12.6. The Morgan fingerprint density at radius 3 is 1.63 bits per heavy atom. The lowest BCUT2D eigenvalue weighted by Crippen LogP contribution is -2.34. The zero-order chi connectivity index (χ0) is 38.5. The summed E-state index contributed by atoms with van der Waals surface area (Å²) < 4.78 is 32.5. The highest BCUT2D eigenvalue weighted by atomic mass is 31.2. The molecule has 0 heterocycles. The molecular formula is C40H68NO10P. The molecule has 0 aromatic heterocycles. The quantitative estimate of drug-likeness (QED) is 0.0244. The smallest absolute Gasteiger partial charge is 0.472 e. The van der Waals surface area contributed by atoms with Gasteiger partial charge < -0.3 is 25.2 Å². The van der Waals surface area contributed by atoms with Crippen LogP contribution in [0.3, 0.4) is 0 Å². The molecule has 0 fully saturated rings. The number of hydrogen-bond donors (Lipinski definition) is 3. The Hall–Kier alpha value is -2.82. The van der Waals surface area contributed by atoms with Crippen LogP contribution < -0.4 is 5.73 Å². The molecule has 0 saturated carbocycles. The number of aliphatic carboxylic acids is 1. The van der Waals surface area contributed by atoms with Crippen LogP contribution >= 0.6 is 7.82 Å². The van der Waals surface area contributed by atoms with Crippen LogP contribution in [0.2, 0.25) is 0 Å². The van der Waals surface area contributed by atoms with Crippen LogP contribution in [0.4, 0.5) is 0 Å². The maximum Gasteiger partial charge on any atom is 0.472 e. The molecule has 0 aromatic rings. The molecule has 0 aromatic carbocycles. The molecule has 0 rings (SSSR count). The lowest BCUT2D eigenvalue weighted by molar-refractivity contribution is -0.161. The Morgan fingerprint density at radius 1 is 0.615 bits per heavy atom. The molecule has 0 aliphatic rings. The van der Waals surface area contributed by atoms with E-state index in [0.717, 1.165) is 89.9 Å². The van der Waals surface area contributed by atoms with Crippen LogP contribution in [0.1, 0.15) is 142 Å². The van der Waals surface area contributed by atoms with Gasteiger partial charge in [-0.3, -0.25) is 23.4 Å². The van der Waals surface area contributed by atoms with Crippen molar-refractivity contribution >= 4 is 25.7 Å². The second-order valence-corrected chi connectivity index (χ2v) is 14.1. The first-order valence-electron chi connectivity index (χ1n) is 19.3. The SMILES string of the molecule is CC/C=C\C/C=C\C/C=C\C/C=C\CCCCCCC(=O)O[C@H](COC(=O)CCCCCCC/C=C\CCCC)COP(=O)(O)OC[C@H](N)C(=O)O. The number of carboxylic acids is 1. The Balaban J connectivity index is 4.50. The summed E-state index contributed by atoms with van der Waals surface area (Å²) in [6.07, 6.45) is 38.6. The van der Waals surface area contributed by atoms with E-state index in [4.69, 9.17) is 24.8 Å². The second kappa shape index (κ2) is 35.2. The van der Waals surface area contributed by atoms with Crippen molar-refractivity contribution in [3.8, 4) is 0 Å². The third-order valence-corrected chi connectivity index (χ3v) is 8.70. The van der Waals surface area contributed by atoms with Crippen LogP contribution in [0.15, 0.2) is 60.8 Å². The van der Waals surface area contributed by atoms with Crippen molar-refractivity contribution in [3.05, 3.63) is 60.8 Å². The molecule has 11 nitrogen and oxygen atoms in total. The van der Waals surface area contributed by atoms with E-state index in [1.165, 1.54) is 12.8 Å². The van der Waals surface area contributed by atoms with E-state index in [0.29, 0.717) is 12.8 Å². The summed E-state index contributed by atoms with van der Waals surface area (Å²) in [5.41, 5.74) is 5.31. The number of ether oxygens (including phenoxy) is 2. The molecule has 4 N–H and O–H groups in total. The fraction of sp³-hybridized carbons (Fsp3) is 0.675. The standard InChI is InChI=1S/C40H68NO10P/c1-3-5-7-9-11-13-15-16-17-18-19-20-22-24-26-28-30-32-39(43)51-36(34-49-52(46,47)50-35-37(41)40(44)45)33-48-38(42)31-29-27-25-23-21-14-12-10-8-6-4-2/h5,7,10-13,16-17,19-20,36-37H,3-4,6,8-9,14-15,18,21-35,41H2,1-2H3,(H,44,45)(H,46,47)/b7-5-,12-10-,13-11-,17-16-,20-19-/t36-,37+/m1/s1. The molecule has 12 heteroatoms. The number of hydrogen-bond acceptors (Lipinski definition) is 9. The van der Waals surface area contributed by atoms with E-state index in [1.54, 1.807) is 0 Å². The summed E-state index contributed by atoms with van der Waals surface area (Å²) in [6.45, 7) is 2.58. The highest BCUT2D eigenvalue weighted by Crippen LogP contribution is 2.43. The number of phosphoric ester groups is 1. The zero-order valence-corrected chi connectivity index (χ0v) is 32.8. The summed E-state index contributed by atoms with van der Waals surface area (Å²) in [5, 5.41) is 8.86. The fourth-order valence-electron chi connectivity index (χ4n) is 4.68. The van der Waals surface area contributed by atoms with Gasteiger partial charge in [-0.05, 0) is 70.6 Å². The monoisotopic (exact) mass is 753 g/mol. The highest BCUT2D eigenvalue weighted by Gasteiger charge is 2.28. The van der Waals surface area contributed by atoms with E-state index in [9.17, 15) is 23.8 Å². The number of phosphoric acid groups is 1. The molecule has 0 bridgehead atoms. The van der Waals surface area contributed by atoms with Crippen molar-refractivity contribution in [2.24, 2.45) is 5.73 Å². The fourth-order valence-corrected chi connectivity index (χ4v) is 5.46. The molecule has 0 spiro atoms. The lowest BCUT2D eigenvalue weighted by atomic mass is 10.1. The molecule has 0 radical (unpaired) electrons. The number of carbonyl (C=O) groups excluding carboxylic acids is 2. The van der Waals surface area contributed by atoms with Gasteiger partial charge in [0.25, 0.3) is 0 Å². The normalized spacial score (nSPS) is 14.5. The Kier molecular flexibility index (Phi) is 33.3. The van der Waals surface area contributed by atoms with Gasteiger partial charge in [-0.25, -0.2) is 4.57 Å². The molecule has 1 unspecified atom stereocenters. The minimum absolute atomic E-state index is 0.129. The number of esters is 2. The van der Waals surface area contributed by atoms with E-state index >= 15 is 0 Å². The van der Waals surface area contributed by atoms with E-state index in [-0.39, 0.29) is 19.4 Å². The van der Waals surface area contributed by atoms with Gasteiger partial charge in [-0.1, -0.05) is 120 Å². The van der Waals surface area contributed by atoms with Gasteiger partial charge in [0.05, 0.1) is 13.2 Å². The largest absolute Gasteiger partial charge is 0.480 e. The Bertz CT molecular complexity index is 1120. The molecular weight excluding hydrogens is 685 g/mol. The van der Waals surface area contributed by atoms with Crippen molar-refractivity contribution in [1.29, 1.82) is 0 Å². The van der Waals surface area contributed by atoms with E-state index in [2.05, 4.69) is 79.1 Å². The molecule has 0 aliphatic carbocycles. The van der Waals surface area contributed by atoms with Crippen LogP contribution in [-0.4, -0.2) is 59.9 Å². The molecule has 0 saturated heterocycles. The van der Waals surface area contributed by atoms with Gasteiger partial charge in [-0.2, -0.15) is 0 Å². The van der Waals surface area contributed by atoms with Crippen LogP contribution in [0, 0.1) is 0 Å². The lowest BCUT2D eigenvalue weighted by Gasteiger charge is -2.20. The van der Waals surface area contributed by atoms with Gasteiger partial charge in [-0.15, -0.1) is 0 Å². The van der Waals surface area contributed by atoms with Gasteiger partial charge in [0.15, 0.2) is 6.10 Å². The predicted molar refractivity (Wildman–Crippen MR) is 208 cm³/mol. The first-order valence-corrected chi connectivity index (χ1v) is 20.8. The number of carbonyl (C=O) groups is 3. The van der Waals surface area contributed by atoms with Crippen LogP contribution in [-0.2, 0) is 37.5 Å². The number of unbranched alkanes of at least 4 members (excludes halogenated alkanes) is 11. The van der Waals surface area contributed by atoms with Gasteiger partial charge in [0.2, 0.25) is 0 Å². The number of rotatable bonds is 35.